The fourth-order valence-corrected chi connectivity index (χ4v) is 4.32. The van der Waals surface area contributed by atoms with E-state index in [1.54, 1.807) is 30.3 Å². The highest BCUT2D eigenvalue weighted by molar-refractivity contribution is 7.16. The van der Waals surface area contributed by atoms with E-state index in [9.17, 15) is 13.2 Å². The lowest BCUT2D eigenvalue weighted by molar-refractivity contribution is -0.133. The SMILES string of the molecule is FC(F)(F)c1sc(-c2nc(-c3ccc(C4=NCCN4)cc3)no2)cc1-c1ccccc1. The van der Waals surface area contributed by atoms with Crippen molar-refractivity contribution in [3.05, 3.63) is 71.1 Å². The number of benzene rings is 2. The summed E-state index contributed by atoms with van der Waals surface area (Å²) in [4.78, 5) is 8.28. The van der Waals surface area contributed by atoms with E-state index in [4.69, 9.17) is 4.52 Å². The molecule has 0 saturated carbocycles. The highest BCUT2D eigenvalue weighted by Crippen LogP contribution is 2.45. The van der Waals surface area contributed by atoms with Gasteiger partial charge in [0.15, 0.2) is 0 Å². The Labute approximate surface area is 179 Å². The molecule has 0 bridgehead atoms. The molecule has 0 atom stereocenters. The molecule has 9 heteroatoms. The second-order valence-electron chi connectivity index (χ2n) is 6.87. The van der Waals surface area contributed by atoms with Crippen LogP contribution < -0.4 is 5.32 Å². The minimum Gasteiger partial charge on any atom is -0.368 e. The molecule has 2 aromatic carbocycles. The van der Waals surface area contributed by atoms with Crippen LogP contribution in [0.2, 0.25) is 0 Å². The van der Waals surface area contributed by atoms with Crippen molar-refractivity contribution in [1.29, 1.82) is 0 Å². The number of amidine groups is 1. The minimum absolute atomic E-state index is 0.0543. The molecular weight excluding hydrogens is 425 g/mol. The molecule has 1 N–H and O–H groups in total. The van der Waals surface area contributed by atoms with E-state index in [1.165, 1.54) is 6.07 Å². The zero-order valence-electron chi connectivity index (χ0n) is 16.0. The lowest BCUT2D eigenvalue weighted by Crippen LogP contribution is -2.19. The predicted octanol–water partition coefficient (Wildman–Crippen LogP) is 5.50. The molecule has 0 unspecified atom stereocenters. The first-order chi connectivity index (χ1) is 15.0. The van der Waals surface area contributed by atoms with Crippen LogP contribution in [0.4, 0.5) is 13.2 Å². The summed E-state index contributed by atoms with van der Waals surface area (Å²) in [6.07, 6.45) is -4.48. The third-order valence-corrected chi connectivity index (χ3v) is 5.97. The van der Waals surface area contributed by atoms with Crippen LogP contribution in [-0.2, 0) is 6.18 Å². The van der Waals surface area contributed by atoms with Crippen LogP contribution in [0.15, 0.2) is 70.2 Å². The van der Waals surface area contributed by atoms with E-state index in [0.717, 1.165) is 24.5 Å². The van der Waals surface area contributed by atoms with Crippen LogP contribution in [-0.4, -0.2) is 29.1 Å². The maximum absolute atomic E-state index is 13.6. The van der Waals surface area contributed by atoms with Crippen LogP contribution >= 0.6 is 11.3 Å². The average Bonchev–Trinajstić information content (AvgIpc) is 3.54. The van der Waals surface area contributed by atoms with Crippen LogP contribution in [0.25, 0.3) is 33.3 Å². The Morgan fingerprint density at radius 2 is 1.68 bits per heavy atom. The number of alkyl halides is 3. The number of aliphatic imine (C=N–C) groups is 1. The monoisotopic (exact) mass is 440 g/mol. The van der Waals surface area contributed by atoms with Gasteiger partial charge in [-0.25, -0.2) is 0 Å². The highest BCUT2D eigenvalue weighted by Gasteiger charge is 2.37. The number of thiophene rings is 1. The predicted molar refractivity (Wildman–Crippen MR) is 113 cm³/mol. The van der Waals surface area contributed by atoms with Gasteiger partial charge in [0.1, 0.15) is 10.7 Å². The van der Waals surface area contributed by atoms with Crippen molar-refractivity contribution in [3.63, 3.8) is 0 Å². The fourth-order valence-electron chi connectivity index (χ4n) is 3.35. The Balaban J connectivity index is 1.48. The van der Waals surface area contributed by atoms with Gasteiger partial charge in [0.2, 0.25) is 5.82 Å². The van der Waals surface area contributed by atoms with Crippen LogP contribution in [0.1, 0.15) is 10.4 Å². The molecule has 1 aliphatic rings. The number of nitrogens with zero attached hydrogens (tertiary/aromatic N) is 3. The van der Waals surface area contributed by atoms with Crippen molar-refractivity contribution < 1.29 is 17.7 Å². The van der Waals surface area contributed by atoms with Gasteiger partial charge in [-0.15, -0.1) is 11.3 Å². The molecule has 0 amide bonds. The van der Waals surface area contributed by atoms with Crippen LogP contribution in [0, 0.1) is 0 Å². The van der Waals surface area contributed by atoms with E-state index >= 15 is 0 Å². The summed E-state index contributed by atoms with van der Waals surface area (Å²) in [6, 6.07) is 17.3. The fraction of sp³-hybridized carbons (Fsp3) is 0.136. The Hall–Kier alpha value is -3.46. The Morgan fingerprint density at radius 1 is 0.935 bits per heavy atom. The summed E-state index contributed by atoms with van der Waals surface area (Å²) in [5, 5.41) is 7.16. The van der Waals surface area contributed by atoms with Gasteiger partial charge in [-0.2, -0.15) is 18.2 Å². The zero-order valence-corrected chi connectivity index (χ0v) is 16.8. The summed E-state index contributed by atoms with van der Waals surface area (Å²) in [7, 11) is 0. The van der Waals surface area contributed by atoms with Crippen molar-refractivity contribution in [2.75, 3.05) is 13.1 Å². The topological polar surface area (TPSA) is 63.3 Å². The van der Waals surface area contributed by atoms with Gasteiger partial charge < -0.3 is 9.84 Å². The lowest BCUT2D eigenvalue weighted by atomic mass is 10.1. The molecule has 0 aliphatic carbocycles. The van der Waals surface area contributed by atoms with Crippen LogP contribution in [0.3, 0.4) is 0 Å². The summed E-state index contributed by atoms with van der Waals surface area (Å²) in [6.45, 7) is 1.56. The number of halogens is 3. The Kier molecular flexibility index (Phi) is 4.82. The van der Waals surface area contributed by atoms with Crippen LogP contribution in [0.5, 0.6) is 0 Å². The minimum atomic E-state index is -4.48. The summed E-state index contributed by atoms with van der Waals surface area (Å²) >= 11 is 0.597. The molecule has 3 heterocycles. The molecule has 5 nitrogen and oxygen atoms in total. The van der Waals surface area contributed by atoms with E-state index in [1.807, 2.05) is 24.3 Å². The molecule has 0 fully saturated rings. The first-order valence-electron chi connectivity index (χ1n) is 9.49. The Bertz CT molecular complexity index is 1240. The molecule has 156 valence electrons. The van der Waals surface area contributed by atoms with Crippen molar-refractivity contribution >= 4 is 17.2 Å². The largest absolute Gasteiger partial charge is 0.426 e. The molecule has 31 heavy (non-hydrogen) atoms. The van der Waals surface area contributed by atoms with Crippen molar-refractivity contribution in [2.45, 2.75) is 6.18 Å². The van der Waals surface area contributed by atoms with Gasteiger partial charge >= 0.3 is 6.18 Å². The standard InChI is InChI=1S/C22H15F3N4OS/c23-22(24,25)18-16(13-4-2-1-3-5-13)12-17(31-18)21-28-20(29-30-21)15-8-6-14(7-9-15)19-26-10-11-27-19/h1-9,12H,10-11H2,(H,26,27). The summed E-state index contributed by atoms with van der Waals surface area (Å²) in [5.41, 5.74) is 2.23. The molecular formula is C22H15F3N4OS. The third kappa shape index (κ3) is 3.84. The second-order valence-corrected chi connectivity index (χ2v) is 7.93. The number of hydrogen-bond donors (Lipinski definition) is 1. The van der Waals surface area contributed by atoms with E-state index in [-0.39, 0.29) is 16.3 Å². The molecule has 5 rings (SSSR count). The quantitative estimate of drug-likeness (QED) is 0.455. The van der Waals surface area contributed by atoms with Gasteiger partial charge in [0.05, 0.1) is 11.4 Å². The van der Waals surface area contributed by atoms with Gasteiger partial charge in [-0.05, 0) is 11.6 Å². The molecule has 0 saturated heterocycles. The van der Waals surface area contributed by atoms with Crippen molar-refractivity contribution in [3.8, 4) is 33.3 Å². The smallest absolute Gasteiger partial charge is 0.368 e. The van der Waals surface area contributed by atoms with E-state index in [0.29, 0.717) is 28.3 Å². The molecule has 1 aliphatic heterocycles. The second kappa shape index (κ2) is 7.66. The zero-order chi connectivity index (χ0) is 21.4. The normalized spacial score (nSPS) is 13.8. The van der Waals surface area contributed by atoms with Gasteiger partial charge in [0, 0.05) is 23.2 Å². The Morgan fingerprint density at radius 3 is 2.35 bits per heavy atom. The molecule has 0 spiro atoms. The lowest BCUT2D eigenvalue weighted by Gasteiger charge is -2.07. The molecule has 0 radical (unpaired) electrons. The highest BCUT2D eigenvalue weighted by atomic mass is 32.1. The number of nitrogens with one attached hydrogen (secondary N) is 1. The molecule has 4 aromatic rings. The van der Waals surface area contributed by atoms with Gasteiger partial charge in [0.25, 0.3) is 5.89 Å². The first kappa shape index (κ1) is 19.5. The van der Waals surface area contributed by atoms with Gasteiger partial charge in [-0.1, -0.05) is 59.8 Å². The number of rotatable bonds is 4. The van der Waals surface area contributed by atoms with Gasteiger partial charge in [-0.3, -0.25) is 4.99 Å². The third-order valence-electron chi connectivity index (χ3n) is 4.80. The maximum atomic E-state index is 13.6. The van der Waals surface area contributed by atoms with E-state index in [2.05, 4.69) is 20.4 Å². The summed E-state index contributed by atoms with van der Waals surface area (Å²) in [5.74, 6) is 1.21. The van der Waals surface area contributed by atoms with Crippen molar-refractivity contribution in [2.24, 2.45) is 4.99 Å². The number of hydrogen-bond acceptors (Lipinski definition) is 6. The van der Waals surface area contributed by atoms with E-state index < -0.39 is 11.1 Å². The first-order valence-corrected chi connectivity index (χ1v) is 10.3. The number of aromatic nitrogens is 2. The summed E-state index contributed by atoms with van der Waals surface area (Å²) < 4.78 is 46.2. The maximum Gasteiger partial charge on any atom is 0.426 e. The van der Waals surface area contributed by atoms with Crippen molar-refractivity contribution in [1.82, 2.24) is 15.5 Å². The average molecular weight is 440 g/mol. The molecule has 2 aromatic heterocycles.